The van der Waals surface area contributed by atoms with E-state index in [-0.39, 0.29) is 5.97 Å². The lowest BCUT2D eigenvalue weighted by Crippen LogP contribution is -2.43. The maximum Gasteiger partial charge on any atom is 0.305 e. The molecule has 0 spiro atoms. The maximum atomic E-state index is 10.8. The molecule has 1 rings (SSSR count). The topological polar surface area (TPSA) is 50.4 Å². The molecule has 1 fully saturated rings. The van der Waals surface area contributed by atoms with Gasteiger partial charge >= 0.3 is 5.97 Å². The van der Waals surface area contributed by atoms with Crippen molar-refractivity contribution in [2.24, 2.45) is 0 Å². The standard InChI is InChI=1S/C10H20N2O2/c1-14-10(13)5-3-7-12-9-4-2-6-11-8-9/h9,11-12H,2-8H2,1H3. The Morgan fingerprint density at radius 2 is 2.50 bits per heavy atom. The molecule has 1 unspecified atom stereocenters. The molecule has 1 aliphatic heterocycles. The van der Waals surface area contributed by atoms with Crippen molar-refractivity contribution in [2.75, 3.05) is 26.7 Å². The third-order valence-electron chi connectivity index (χ3n) is 2.52. The zero-order valence-corrected chi connectivity index (χ0v) is 8.84. The molecule has 82 valence electrons. The summed E-state index contributed by atoms with van der Waals surface area (Å²) in [6.45, 7) is 3.10. The zero-order chi connectivity index (χ0) is 10.2. The first kappa shape index (κ1) is 11.5. The number of ether oxygens (including phenoxy) is 1. The molecule has 14 heavy (non-hydrogen) atoms. The number of rotatable bonds is 5. The van der Waals surface area contributed by atoms with Crippen LogP contribution in [0.1, 0.15) is 25.7 Å². The lowest BCUT2D eigenvalue weighted by atomic mass is 10.1. The van der Waals surface area contributed by atoms with Gasteiger partial charge in [0.25, 0.3) is 0 Å². The van der Waals surface area contributed by atoms with Crippen LogP contribution in [-0.2, 0) is 9.53 Å². The maximum absolute atomic E-state index is 10.8. The summed E-state index contributed by atoms with van der Waals surface area (Å²) in [5.74, 6) is -0.117. The summed E-state index contributed by atoms with van der Waals surface area (Å²) >= 11 is 0. The van der Waals surface area contributed by atoms with Gasteiger partial charge in [0.2, 0.25) is 0 Å². The predicted octanol–water partition coefficient (Wildman–Crippen LogP) is 0.281. The van der Waals surface area contributed by atoms with Gasteiger partial charge in [-0.1, -0.05) is 0 Å². The van der Waals surface area contributed by atoms with Crippen LogP contribution in [0, 0.1) is 0 Å². The molecule has 0 bridgehead atoms. The number of nitrogens with one attached hydrogen (secondary N) is 2. The van der Waals surface area contributed by atoms with Gasteiger partial charge < -0.3 is 15.4 Å². The number of piperidine rings is 1. The molecule has 0 aromatic heterocycles. The van der Waals surface area contributed by atoms with Crippen LogP contribution in [0.2, 0.25) is 0 Å². The van der Waals surface area contributed by atoms with Crippen molar-refractivity contribution in [1.82, 2.24) is 10.6 Å². The third kappa shape index (κ3) is 4.58. The highest BCUT2D eigenvalue weighted by Crippen LogP contribution is 2.01. The number of hydrogen-bond donors (Lipinski definition) is 2. The second-order valence-electron chi connectivity index (χ2n) is 3.68. The van der Waals surface area contributed by atoms with Crippen molar-refractivity contribution in [3.8, 4) is 0 Å². The van der Waals surface area contributed by atoms with Crippen molar-refractivity contribution in [3.05, 3.63) is 0 Å². The van der Waals surface area contributed by atoms with Crippen LogP contribution >= 0.6 is 0 Å². The summed E-state index contributed by atoms with van der Waals surface area (Å²) in [5, 5.41) is 6.77. The fourth-order valence-corrected chi connectivity index (χ4v) is 1.67. The zero-order valence-electron chi connectivity index (χ0n) is 8.84. The Hall–Kier alpha value is -0.610. The molecule has 4 nitrogen and oxygen atoms in total. The van der Waals surface area contributed by atoms with E-state index >= 15 is 0 Å². The molecule has 0 aromatic carbocycles. The van der Waals surface area contributed by atoms with Crippen LogP contribution < -0.4 is 10.6 Å². The Morgan fingerprint density at radius 1 is 1.64 bits per heavy atom. The summed E-state index contributed by atoms with van der Waals surface area (Å²) in [6.07, 6.45) is 3.87. The van der Waals surface area contributed by atoms with Gasteiger partial charge in [-0.15, -0.1) is 0 Å². The highest BCUT2D eigenvalue weighted by atomic mass is 16.5. The molecule has 0 aliphatic carbocycles. The Balaban J connectivity index is 1.94. The van der Waals surface area contributed by atoms with Gasteiger partial charge in [-0.05, 0) is 32.4 Å². The van der Waals surface area contributed by atoms with Crippen LogP contribution in [0.5, 0.6) is 0 Å². The first-order valence-corrected chi connectivity index (χ1v) is 5.34. The van der Waals surface area contributed by atoms with Crippen LogP contribution in [0.15, 0.2) is 0 Å². The Morgan fingerprint density at radius 3 is 3.14 bits per heavy atom. The molecule has 0 saturated carbocycles. The summed E-state index contributed by atoms with van der Waals surface area (Å²) in [7, 11) is 1.43. The van der Waals surface area contributed by atoms with Crippen LogP contribution in [-0.4, -0.2) is 38.8 Å². The van der Waals surface area contributed by atoms with E-state index in [9.17, 15) is 4.79 Å². The highest BCUT2D eigenvalue weighted by molar-refractivity contribution is 5.69. The smallest absolute Gasteiger partial charge is 0.305 e. The molecular formula is C10H20N2O2. The van der Waals surface area contributed by atoms with Gasteiger partial charge in [0, 0.05) is 19.0 Å². The molecule has 1 heterocycles. The van der Waals surface area contributed by atoms with E-state index < -0.39 is 0 Å². The molecule has 1 atom stereocenters. The van der Waals surface area contributed by atoms with E-state index in [1.165, 1.54) is 20.0 Å². The van der Waals surface area contributed by atoms with E-state index in [0.29, 0.717) is 12.5 Å². The Bertz CT molecular complexity index is 168. The molecule has 0 amide bonds. The average molecular weight is 200 g/mol. The van der Waals surface area contributed by atoms with Crippen molar-refractivity contribution >= 4 is 5.97 Å². The lowest BCUT2D eigenvalue weighted by molar-refractivity contribution is -0.140. The SMILES string of the molecule is COC(=O)CCCNC1CCCNC1. The predicted molar refractivity (Wildman–Crippen MR) is 55.1 cm³/mol. The third-order valence-corrected chi connectivity index (χ3v) is 2.52. The summed E-state index contributed by atoms with van der Waals surface area (Å²) in [6, 6.07) is 0.585. The van der Waals surface area contributed by atoms with E-state index in [2.05, 4.69) is 15.4 Å². The molecule has 2 N–H and O–H groups in total. The van der Waals surface area contributed by atoms with Gasteiger partial charge in [0.15, 0.2) is 0 Å². The van der Waals surface area contributed by atoms with Crippen molar-refractivity contribution < 1.29 is 9.53 Å². The van der Waals surface area contributed by atoms with Crippen LogP contribution in [0.3, 0.4) is 0 Å². The number of hydrogen-bond acceptors (Lipinski definition) is 4. The average Bonchev–Trinajstić information content (AvgIpc) is 2.25. The molecule has 0 radical (unpaired) electrons. The van der Waals surface area contributed by atoms with Crippen LogP contribution in [0.4, 0.5) is 0 Å². The first-order chi connectivity index (χ1) is 6.83. The second-order valence-corrected chi connectivity index (χ2v) is 3.68. The minimum Gasteiger partial charge on any atom is -0.469 e. The molecule has 0 aromatic rings. The quantitative estimate of drug-likeness (QED) is 0.494. The number of methoxy groups -OCH3 is 1. The fraction of sp³-hybridized carbons (Fsp3) is 0.900. The van der Waals surface area contributed by atoms with Crippen molar-refractivity contribution in [2.45, 2.75) is 31.7 Å². The summed E-state index contributed by atoms with van der Waals surface area (Å²) in [5.41, 5.74) is 0. The number of carbonyl (C=O) groups is 1. The largest absolute Gasteiger partial charge is 0.469 e. The monoisotopic (exact) mass is 200 g/mol. The summed E-state index contributed by atoms with van der Waals surface area (Å²) < 4.78 is 4.56. The molecule has 1 saturated heterocycles. The number of esters is 1. The minimum absolute atomic E-state index is 0.117. The van der Waals surface area contributed by atoms with Crippen molar-refractivity contribution in [1.29, 1.82) is 0 Å². The molecular weight excluding hydrogens is 180 g/mol. The molecule has 4 heteroatoms. The van der Waals surface area contributed by atoms with E-state index in [1.54, 1.807) is 0 Å². The molecule has 1 aliphatic rings. The Kier molecular flexibility index (Phi) is 5.56. The van der Waals surface area contributed by atoms with Gasteiger partial charge in [-0.2, -0.15) is 0 Å². The number of carbonyl (C=O) groups excluding carboxylic acids is 1. The van der Waals surface area contributed by atoms with E-state index in [4.69, 9.17) is 0 Å². The van der Waals surface area contributed by atoms with Crippen LogP contribution in [0.25, 0.3) is 0 Å². The van der Waals surface area contributed by atoms with E-state index in [1.807, 2.05) is 0 Å². The lowest BCUT2D eigenvalue weighted by Gasteiger charge is -2.23. The highest BCUT2D eigenvalue weighted by Gasteiger charge is 2.11. The van der Waals surface area contributed by atoms with E-state index in [0.717, 1.165) is 26.1 Å². The van der Waals surface area contributed by atoms with Gasteiger partial charge in [0.1, 0.15) is 0 Å². The fourth-order valence-electron chi connectivity index (χ4n) is 1.67. The summed E-state index contributed by atoms with van der Waals surface area (Å²) in [4.78, 5) is 10.8. The van der Waals surface area contributed by atoms with Gasteiger partial charge in [-0.3, -0.25) is 4.79 Å². The second kappa shape index (κ2) is 6.79. The Labute approximate surface area is 85.4 Å². The van der Waals surface area contributed by atoms with Gasteiger partial charge in [0.05, 0.1) is 7.11 Å². The minimum atomic E-state index is -0.117. The normalized spacial score (nSPS) is 21.9. The van der Waals surface area contributed by atoms with Crippen molar-refractivity contribution in [3.63, 3.8) is 0 Å². The van der Waals surface area contributed by atoms with Gasteiger partial charge in [-0.25, -0.2) is 0 Å². The first-order valence-electron chi connectivity index (χ1n) is 5.34.